The highest BCUT2D eigenvalue weighted by Gasteiger charge is 2.29. The van der Waals surface area contributed by atoms with Crippen LogP contribution in [0.1, 0.15) is 24.5 Å². The Morgan fingerprint density at radius 3 is 2.50 bits per heavy atom. The van der Waals surface area contributed by atoms with Gasteiger partial charge in [0.2, 0.25) is 0 Å². The van der Waals surface area contributed by atoms with E-state index in [2.05, 4.69) is 32.2 Å². The van der Waals surface area contributed by atoms with Crippen molar-refractivity contribution in [1.82, 2.24) is 0 Å². The summed E-state index contributed by atoms with van der Waals surface area (Å²) in [6, 6.07) is 4.28. The monoisotopic (exact) mass is 291 g/mol. The third-order valence-electron chi connectivity index (χ3n) is 3.34. The minimum absolute atomic E-state index is 0.255. The summed E-state index contributed by atoms with van der Waals surface area (Å²) in [4.78, 5) is 1.38. The fourth-order valence-corrected chi connectivity index (χ4v) is 4.40. The first-order chi connectivity index (χ1) is 9.81. The Morgan fingerprint density at radius 1 is 1.20 bits per heavy atom. The highest BCUT2D eigenvalue weighted by molar-refractivity contribution is 7.97. The van der Waals surface area contributed by atoms with Crippen LogP contribution in [0.3, 0.4) is 0 Å². The van der Waals surface area contributed by atoms with Gasteiger partial charge in [0, 0.05) is 22.0 Å². The predicted molar refractivity (Wildman–Crippen MR) is 88.6 cm³/mol. The molecular formula is C17H23O2S+. The molecule has 20 heavy (non-hydrogen) atoms. The molecule has 3 heteroatoms. The van der Waals surface area contributed by atoms with Crippen LogP contribution < -0.4 is 4.74 Å². The first-order valence-corrected chi connectivity index (χ1v) is 8.68. The summed E-state index contributed by atoms with van der Waals surface area (Å²) in [5.74, 6) is 3.12. The molecule has 1 aromatic carbocycles. The van der Waals surface area contributed by atoms with Gasteiger partial charge in [0.1, 0.15) is 17.3 Å². The lowest BCUT2D eigenvalue weighted by molar-refractivity contribution is 0.159. The van der Waals surface area contributed by atoms with Gasteiger partial charge in [0.05, 0.1) is 19.8 Å². The molecule has 1 heterocycles. The zero-order valence-corrected chi connectivity index (χ0v) is 13.0. The Labute approximate surface area is 124 Å². The van der Waals surface area contributed by atoms with Gasteiger partial charge in [-0.25, -0.2) is 0 Å². The Hall–Kier alpha value is -1.19. The van der Waals surface area contributed by atoms with Crippen LogP contribution in [0.5, 0.6) is 5.75 Å². The van der Waals surface area contributed by atoms with Crippen molar-refractivity contribution in [3.8, 4) is 5.75 Å². The van der Waals surface area contributed by atoms with E-state index in [4.69, 9.17) is 9.47 Å². The quantitative estimate of drug-likeness (QED) is 0.743. The van der Waals surface area contributed by atoms with Gasteiger partial charge >= 0.3 is 0 Å². The molecule has 1 aliphatic rings. The van der Waals surface area contributed by atoms with Gasteiger partial charge in [-0.1, -0.05) is 32.2 Å². The van der Waals surface area contributed by atoms with Crippen molar-refractivity contribution in [1.29, 1.82) is 0 Å². The molecule has 1 saturated heterocycles. The average Bonchev–Trinajstić information content (AvgIpc) is 2.52. The molecule has 0 radical (unpaired) electrons. The van der Waals surface area contributed by atoms with E-state index in [0.717, 1.165) is 49.1 Å². The van der Waals surface area contributed by atoms with Crippen molar-refractivity contribution < 1.29 is 9.47 Å². The summed E-state index contributed by atoms with van der Waals surface area (Å²) in [7, 11) is 0.255. The van der Waals surface area contributed by atoms with E-state index >= 15 is 0 Å². The topological polar surface area (TPSA) is 18.5 Å². The van der Waals surface area contributed by atoms with Crippen LogP contribution in [0.4, 0.5) is 0 Å². The number of benzene rings is 1. The third-order valence-corrected chi connectivity index (χ3v) is 5.63. The zero-order valence-electron chi connectivity index (χ0n) is 12.2. The summed E-state index contributed by atoms with van der Waals surface area (Å²) in [5.41, 5.74) is 2.25. The Morgan fingerprint density at radius 2 is 1.90 bits per heavy atom. The fourth-order valence-electron chi connectivity index (χ4n) is 2.35. The van der Waals surface area contributed by atoms with E-state index in [9.17, 15) is 0 Å². The maximum absolute atomic E-state index is 5.82. The minimum Gasteiger partial charge on any atom is -0.493 e. The zero-order chi connectivity index (χ0) is 14.4. The van der Waals surface area contributed by atoms with Crippen LogP contribution >= 0.6 is 0 Å². The molecule has 1 aliphatic heterocycles. The minimum atomic E-state index is 0.255. The maximum Gasteiger partial charge on any atom is 0.163 e. The van der Waals surface area contributed by atoms with Crippen LogP contribution in [0.25, 0.3) is 12.2 Å². The van der Waals surface area contributed by atoms with Gasteiger partial charge in [0.15, 0.2) is 4.90 Å². The summed E-state index contributed by atoms with van der Waals surface area (Å²) in [5, 5.41) is 0. The highest BCUT2D eigenvalue weighted by atomic mass is 32.2. The lowest BCUT2D eigenvalue weighted by Crippen LogP contribution is -2.27. The fraction of sp³-hybridized carbons (Fsp3) is 0.412. The van der Waals surface area contributed by atoms with Gasteiger partial charge in [-0.3, -0.25) is 0 Å². The predicted octanol–water partition coefficient (Wildman–Crippen LogP) is 3.77. The molecule has 1 aromatic rings. The molecule has 0 spiro atoms. The van der Waals surface area contributed by atoms with Gasteiger partial charge in [0.25, 0.3) is 0 Å². The molecule has 0 bridgehead atoms. The molecule has 0 amide bonds. The van der Waals surface area contributed by atoms with E-state index in [1.54, 1.807) is 0 Å². The number of ether oxygens (including phenoxy) is 2. The normalized spacial score (nSPS) is 15.8. The highest BCUT2D eigenvalue weighted by Crippen LogP contribution is 2.32. The van der Waals surface area contributed by atoms with Gasteiger partial charge in [-0.2, -0.15) is 0 Å². The molecule has 108 valence electrons. The van der Waals surface area contributed by atoms with Crippen molar-refractivity contribution in [3.63, 3.8) is 0 Å². The van der Waals surface area contributed by atoms with Crippen molar-refractivity contribution in [2.75, 3.05) is 31.3 Å². The third kappa shape index (κ3) is 3.28. The van der Waals surface area contributed by atoms with Gasteiger partial charge in [-0.15, -0.1) is 0 Å². The summed E-state index contributed by atoms with van der Waals surface area (Å²) in [6.45, 7) is 12.5. The van der Waals surface area contributed by atoms with Crippen LogP contribution in [-0.4, -0.2) is 31.3 Å². The summed E-state index contributed by atoms with van der Waals surface area (Å²) < 4.78 is 11.3. The molecule has 0 atom stereocenters. The Balaban J connectivity index is 2.37. The van der Waals surface area contributed by atoms with Crippen molar-refractivity contribution >= 4 is 23.0 Å². The first kappa shape index (κ1) is 15.2. The molecule has 0 saturated carbocycles. The maximum atomic E-state index is 5.82. The van der Waals surface area contributed by atoms with Crippen molar-refractivity contribution in [2.45, 2.75) is 18.2 Å². The molecule has 2 rings (SSSR count). The van der Waals surface area contributed by atoms with Crippen LogP contribution in [0, 0.1) is 0 Å². The second-order valence-corrected chi connectivity index (χ2v) is 6.90. The standard InChI is InChI=1S/C17H23O2S/c1-4-9-19-16-7-8-17(15(6-3)14(16)5-2)20-12-10-18-11-13-20/h5-8H,2-4,9-13H2,1H3/q+1. The Kier molecular flexibility index (Phi) is 5.74. The number of hydrogen-bond acceptors (Lipinski definition) is 2. The molecule has 0 unspecified atom stereocenters. The Bertz CT molecular complexity index is 476. The largest absolute Gasteiger partial charge is 0.493 e. The van der Waals surface area contributed by atoms with Crippen molar-refractivity contribution in [3.05, 3.63) is 36.4 Å². The van der Waals surface area contributed by atoms with Crippen LogP contribution in [0.15, 0.2) is 30.2 Å². The number of hydrogen-bond donors (Lipinski definition) is 0. The lowest BCUT2D eigenvalue weighted by Gasteiger charge is -2.18. The van der Waals surface area contributed by atoms with Crippen LogP contribution in [-0.2, 0) is 15.6 Å². The summed E-state index contributed by atoms with van der Waals surface area (Å²) in [6.07, 6.45) is 4.83. The van der Waals surface area contributed by atoms with Crippen molar-refractivity contribution in [2.24, 2.45) is 0 Å². The summed E-state index contributed by atoms with van der Waals surface area (Å²) >= 11 is 0. The molecule has 2 nitrogen and oxygen atoms in total. The average molecular weight is 291 g/mol. The molecule has 1 fully saturated rings. The second kappa shape index (κ2) is 7.55. The van der Waals surface area contributed by atoms with Crippen LogP contribution in [0.2, 0.25) is 0 Å². The number of rotatable bonds is 6. The lowest BCUT2D eigenvalue weighted by atomic mass is 10.1. The van der Waals surface area contributed by atoms with Gasteiger partial charge < -0.3 is 9.47 Å². The second-order valence-electron chi connectivity index (χ2n) is 4.66. The van der Waals surface area contributed by atoms with E-state index in [-0.39, 0.29) is 10.9 Å². The van der Waals surface area contributed by atoms with E-state index < -0.39 is 0 Å². The van der Waals surface area contributed by atoms with E-state index in [1.165, 1.54) is 10.5 Å². The molecule has 0 N–H and O–H groups in total. The molecular weight excluding hydrogens is 268 g/mol. The molecule has 0 aliphatic carbocycles. The van der Waals surface area contributed by atoms with E-state index in [0.29, 0.717) is 0 Å². The smallest absolute Gasteiger partial charge is 0.163 e. The SMILES string of the molecule is C=Cc1c(OCCC)ccc([S+]2CCOCC2)c1C=C. The molecule has 0 aromatic heterocycles. The first-order valence-electron chi connectivity index (χ1n) is 7.11. The van der Waals surface area contributed by atoms with Gasteiger partial charge in [-0.05, 0) is 18.6 Å². The van der Waals surface area contributed by atoms with E-state index in [1.807, 2.05) is 12.2 Å².